The second kappa shape index (κ2) is 11.9. The summed E-state index contributed by atoms with van der Waals surface area (Å²) in [6.45, 7) is 3.60. The number of hydrogen-bond acceptors (Lipinski definition) is 4. The van der Waals surface area contributed by atoms with E-state index in [0.717, 1.165) is 38.0 Å². The van der Waals surface area contributed by atoms with E-state index in [2.05, 4.69) is 16.0 Å². The third-order valence-corrected chi connectivity index (χ3v) is 5.36. The Morgan fingerprint density at radius 2 is 1.44 bits per heavy atom. The molecule has 0 aromatic heterocycles. The number of amides is 3. The Hall–Kier alpha value is -3.35. The summed E-state index contributed by atoms with van der Waals surface area (Å²) < 4.78 is 0. The lowest BCUT2D eigenvalue weighted by Gasteiger charge is -2.20. The number of likely N-dealkylation sites (tertiary alicyclic amines) is 1. The minimum atomic E-state index is -0.218. The van der Waals surface area contributed by atoms with Gasteiger partial charge in [-0.15, -0.1) is 0 Å². The van der Waals surface area contributed by atoms with Crippen LogP contribution in [0, 0.1) is 0 Å². The molecule has 0 unspecified atom stereocenters. The summed E-state index contributed by atoms with van der Waals surface area (Å²) in [6, 6.07) is 14.3. The fourth-order valence-electron chi connectivity index (χ4n) is 3.73. The van der Waals surface area contributed by atoms with Crippen LogP contribution in [0.15, 0.2) is 48.5 Å². The number of carbonyl (C=O) groups is 3. The van der Waals surface area contributed by atoms with E-state index in [-0.39, 0.29) is 24.3 Å². The van der Waals surface area contributed by atoms with Crippen molar-refractivity contribution in [3.8, 4) is 0 Å². The van der Waals surface area contributed by atoms with Crippen molar-refractivity contribution in [2.75, 3.05) is 35.6 Å². The monoisotopic (exact) mass is 436 g/mol. The third-order valence-electron chi connectivity index (χ3n) is 5.36. The fraction of sp³-hybridized carbons (Fsp3) is 0.400. The lowest BCUT2D eigenvalue weighted by molar-refractivity contribution is -0.116. The first-order valence-corrected chi connectivity index (χ1v) is 11.4. The normalized spacial score (nSPS) is 13.7. The molecule has 0 radical (unpaired) electrons. The maximum atomic E-state index is 12.8. The first-order valence-electron chi connectivity index (χ1n) is 11.4. The van der Waals surface area contributed by atoms with Crippen molar-refractivity contribution in [1.82, 2.24) is 4.90 Å². The van der Waals surface area contributed by atoms with Crippen molar-refractivity contribution in [1.29, 1.82) is 0 Å². The van der Waals surface area contributed by atoms with Crippen molar-refractivity contribution in [3.05, 3.63) is 54.1 Å². The van der Waals surface area contributed by atoms with Gasteiger partial charge in [0, 0.05) is 42.1 Å². The van der Waals surface area contributed by atoms with Gasteiger partial charge in [-0.1, -0.05) is 31.9 Å². The first kappa shape index (κ1) is 23.3. The van der Waals surface area contributed by atoms with E-state index in [1.807, 2.05) is 30.0 Å². The summed E-state index contributed by atoms with van der Waals surface area (Å²) in [6.07, 6.45) is 5.67. The van der Waals surface area contributed by atoms with E-state index in [1.54, 1.807) is 30.3 Å². The van der Waals surface area contributed by atoms with Gasteiger partial charge >= 0.3 is 0 Å². The van der Waals surface area contributed by atoms with Gasteiger partial charge in [0.15, 0.2) is 0 Å². The average molecular weight is 437 g/mol. The average Bonchev–Trinajstić information content (AvgIpc) is 3.07. The molecule has 1 heterocycles. The van der Waals surface area contributed by atoms with Crippen LogP contribution in [0.25, 0.3) is 0 Å². The second-order valence-electron chi connectivity index (χ2n) is 8.07. The van der Waals surface area contributed by atoms with Crippen LogP contribution in [-0.4, -0.2) is 42.3 Å². The van der Waals surface area contributed by atoms with Crippen LogP contribution in [0.3, 0.4) is 0 Å². The topological polar surface area (TPSA) is 90.5 Å². The lowest BCUT2D eigenvalue weighted by Crippen LogP contribution is -2.31. The van der Waals surface area contributed by atoms with Crippen LogP contribution in [0.4, 0.5) is 17.1 Å². The van der Waals surface area contributed by atoms with Crippen molar-refractivity contribution < 1.29 is 14.4 Å². The van der Waals surface area contributed by atoms with E-state index in [0.29, 0.717) is 23.4 Å². The molecule has 32 heavy (non-hydrogen) atoms. The Kier molecular flexibility index (Phi) is 8.66. The summed E-state index contributed by atoms with van der Waals surface area (Å²) in [5, 5.41) is 8.76. The van der Waals surface area contributed by atoms with Gasteiger partial charge in [0.1, 0.15) is 0 Å². The van der Waals surface area contributed by atoms with Crippen molar-refractivity contribution in [3.63, 3.8) is 0 Å². The quantitative estimate of drug-likeness (QED) is 0.569. The molecule has 0 bridgehead atoms. The van der Waals surface area contributed by atoms with Crippen LogP contribution >= 0.6 is 0 Å². The number of hydrogen-bond donors (Lipinski definition) is 3. The molecule has 1 saturated heterocycles. The fourth-order valence-corrected chi connectivity index (χ4v) is 3.73. The predicted molar refractivity (Wildman–Crippen MR) is 128 cm³/mol. The van der Waals surface area contributed by atoms with Crippen molar-refractivity contribution in [2.24, 2.45) is 0 Å². The molecule has 3 amide bonds. The Balaban J connectivity index is 1.53. The van der Waals surface area contributed by atoms with Gasteiger partial charge in [0.25, 0.3) is 5.91 Å². The number of rotatable bonds is 8. The summed E-state index contributed by atoms with van der Waals surface area (Å²) >= 11 is 0. The van der Waals surface area contributed by atoms with E-state index in [9.17, 15) is 14.4 Å². The van der Waals surface area contributed by atoms with Gasteiger partial charge in [-0.05, 0) is 55.7 Å². The Bertz CT molecular complexity index is 936. The van der Waals surface area contributed by atoms with Gasteiger partial charge in [-0.2, -0.15) is 0 Å². The molecule has 2 aromatic carbocycles. The summed E-state index contributed by atoms with van der Waals surface area (Å²) in [4.78, 5) is 38.9. The number of nitrogens with one attached hydrogen (secondary N) is 3. The molecule has 0 saturated carbocycles. The Labute approximate surface area is 189 Å². The highest BCUT2D eigenvalue weighted by Gasteiger charge is 2.17. The second-order valence-corrected chi connectivity index (χ2v) is 8.07. The third kappa shape index (κ3) is 7.11. The Morgan fingerprint density at radius 1 is 0.812 bits per heavy atom. The molecule has 0 atom stereocenters. The van der Waals surface area contributed by atoms with Gasteiger partial charge in [-0.3, -0.25) is 14.4 Å². The van der Waals surface area contributed by atoms with E-state index in [1.165, 1.54) is 12.8 Å². The zero-order valence-electron chi connectivity index (χ0n) is 18.7. The summed E-state index contributed by atoms with van der Waals surface area (Å²) in [7, 11) is 0. The molecule has 7 heteroatoms. The highest BCUT2D eigenvalue weighted by atomic mass is 16.2. The zero-order valence-corrected chi connectivity index (χ0v) is 18.7. The predicted octanol–water partition coefficient (Wildman–Crippen LogP) is 4.49. The molecule has 170 valence electrons. The van der Waals surface area contributed by atoms with Gasteiger partial charge < -0.3 is 20.9 Å². The maximum Gasteiger partial charge on any atom is 0.253 e. The molecular weight excluding hydrogens is 404 g/mol. The molecule has 2 aromatic rings. The largest absolute Gasteiger partial charge is 0.376 e. The Morgan fingerprint density at radius 3 is 2.16 bits per heavy atom. The highest BCUT2D eigenvalue weighted by Crippen LogP contribution is 2.18. The molecule has 1 aliphatic heterocycles. The van der Waals surface area contributed by atoms with Gasteiger partial charge in [-0.25, -0.2) is 0 Å². The molecule has 3 rings (SSSR count). The van der Waals surface area contributed by atoms with E-state index >= 15 is 0 Å². The molecule has 0 aliphatic carbocycles. The molecule has 7 nitrogen and oxygen atoms in total. The maximum absolute atomic E-state index is 12.8. The van der Waals surface area contributed by atoms with Crippen LogP contribution in [0.1, 0.15) is 55.8 Å². The number of nitrogens with zero attached hydrogens (tertiary/aromatic N) is 1. The van der Waals surface area contributed by atoms with E-state index < -0.39 is 0 Å². The van der Waals surface area contributed by atoms with Crippen LogP contribution in [-0.2, 0) is 9.59 Å². The van der Waals surface area contributed by atoms with Crippen molar-refractivity contribution >= 4 is 34.8 Å². The number of anilines is 3. The molecule has 0 spiro atoms. The molecule has 1 fully saturated rings. The SMILES string of the molecule is CCCC(=O)Nc1cccc(NCC(=O)Nc2cccc(C(=O)N3CCCCCC3)c2)c1. The van der Waals surface area contributed by atoms with Gasteiger partial charge in [0.05, 0.1) is 6.54 Å². The number of carbonyl (C=O) groups excluding carboxylic acids is 3. The van der Waals surface area contributed by atoms with Crippen LogP contribution < -0.4 is 16.0 Å². The number of benzene rings is 2. The molecule has 3 N–H and O–H groups in total. The van der Waals surface area contributed by atoms with E-state index in [4.69, 9.17) is 0 Å². The lowest BCUT2D eigenvalue weighted by atomic mass is 10.1. The van der Waals surface area contributed by atoms with Crippen LogP contribution in [0.2, 0.25) is 0 Å². The summed E-state index contributed by atoms with van der Waals surface area (Å²) in [5.74, 6) is -0.232. The first-order chi connectivity index (χ1) is 15.5. The minimum absolute atomic E-state index is 0.0167. The highest BCUT2D eigenvalue weighted by molar-refractivity contribution is 5.98. The summed E-state index contributed by atoms with van der Waals surface area (Å²) in [5.41, 5.74) is 2.61. The molecular formula is C25H32N4O3. The van der Waals surface area contributed by atoms with Gasteiger partial charge in [0.2, 0.25) is 11.8 Å². The smallest absolute Gasteiger partial charge is 0.253 e. The van der Waals surface area contributed by atoms with Crippen molar-refractivity contribution in [2.45, 2.75) is 45.4 Å². The van der Waals surface area contributed by atoms with Crippen LogP contribution in [0.5, 0.6) is 0 Å². The zero-order chi connectivity index (χ0) is 22.8. The standard InChI is InChI=1S/C25H32N4O3/c1-2-9-23(30)27-22-13-8-11-20(17-22)26-18-24(31)28-21-12-7-10-19(16-21)25(32)29-14-5-3-4-6-15-29/h7-8,10-13,16-17,26H,2-6,9,14-15,18H2,1H3,(H,27,30)(H,28,31). The molecule has 1 aliphatic rings. The minimum Gasteiger partial charge on any atom is -0.376 e.